The van der Waals surface area contributed by atoms with E-state index in [1.54, 1.807) is 4.57 Å². The van der Waals surface area contributed by atoms with Crippen LogP contribution in [-0.2, 0) is 13.6 Å². The molecule has 12 heteroatoms. The number of aromatic amines is 1. The lowest BCUT2D eigenvalue weighted by Gasteiger charge is -2.09. The van der Waals surface area contributed by atoms with Crippen LogP contribution in [0.1, 0.15) is 21.5 Å². The zero-order valence-electron chi connectivity index (χ0n) is 17.1. The third kappa shape index (κ3) is 4.15. The van der Waals surface area contributed by atoms with Gasteiger partial charge in [0.25, 0.3) is 5.56 Å². The van der Waals surface area contributed by atoms with E-state index in [0.717, 1.165) is 5.56 Å². The Balaban J connectivity index is 1.81. The minimum absolute atomic E-state index is 0.131. The van der Waals surface area contributed by atoms with E-state index in [1.165, 1.54) is 30.0 Å². The molecule has 4 N–H and O–H groups in total. The van der Waals surface area contributed by atoms with Crippen LogP contribution in [0, 0.1) is 0 Å². The van der Waals surface area contributed by atoms with Crippen LogP contribution in [0.5, 0.6) is 5.75 Å². The second kappa shape index (κ2) is 8.74. The normalized spacial score (nSPS) is 11.3. The number of nitrogens with one attached hydrogen (secondary N) is 2. The number of H-pyrrole nitrogens is 1. The average Bonchev–Trinajstić information content (AvgIpc) is 3.13. The number of halogens is 1. The lowest BCUT2D eigenvalue weighted by atomic mass is 10.1. The Labute approximate surface area is 193 Å². The van der Waals surface area contributed by atoms with Gasteiger partial charge in [-0.15, -0.1) is 0 Å². The topological polar surface area (TPSA) is 155 Å². The fourth-order valence-electron chi connectivity index (χ4n) is 3.33. The summed E-state index contributed by atoms with van der Waals surface area (Å²) in [7, 11) is 1.48. The number of aryl methyl sites for hydroxylation is 1. The Kier molecular flexibility index (Phi) is 5.84. The fourth-order valence-corrected chi connectivity index (χ4v) is 3.76. The van der Waals surface area contributed by atoms with Crippen molar-refractivity contribution in [3.63, 3.8) is 0 Å². The lowest BCUT2D eigenvalue weighted by Crippen LogP contribution is -2.29. The Morgan fingerprint density at radius 2 is 1.97 bits per heavy atom. The van der Waals surface area contributed by atoms with Gasteiger partial charge >= 0.3 is 11.7 Å². The highest BCUT2D eigenvalue weighted by molar-refractivity contribution is 9.10. The Hall–Kier alpha value is -4.19. The highest BCUT2D eigenvalue weighted by Gasteiger charge is 2.19. The molecule has 11 nitrogen and oxygen atoms in total. The number of hydrazone groups is 1. The number of carbonyl (C=O) groups is 1. The number of imidazole rings is 1. The van der Waals surface area contributed by atoms with Crippen LogP contribution < -0.4 is 16.7 Å². The number of aromatic hydroxyl groups is 1. The SMILES string of the molecule is Cn1c(=O)[nH]c(=O)c2c1nc(NN=Cc1c(Br)ccc(O)c1C(=O)O)n2Cc1ccccc1. The summed E-state index contributed by atoms with van der Waals surface area (Å²) in [5, 5.41) is 23.4. The maximum Gasteiger partial charge on any atom is 0.340 e. The number of anilines is 1. The van der Waals surface area contributed by atoms with Crippen molar-refractivity contribution in [1.29, 1.82) is 0 Å². The standard InChI is InChI=1S/C21H17BrN6O5/c1-27-17-16(18(30)25-21(27)33)28(10-11-5-3-2-4-6-11)20(24-17)26-23-9-12-13(22)7-8-14(29)15(12)19(31)32/h2-9,29H,10H2,1H3,(H,24,26)(H,31,32)(H,25,30,33). The van der Waals surface area contributed by atoms with Gasteiger partial charge in [0.05, 0.1) is 12.8 Å². The molecule has 0 atom stereocenters. The first-order valence-corrected chi connectivity index (χ1v) is 10.3. The Morgan fingerprint density at radius 3 is 2.67 bits per heavy atom. The van der Waals surface area contributed by atoms with Crippen LogP contribution in [0.4, 0.5) is 5.95 Å². The predicted molar refractivity (Wildman–Crippen MR) is 125 cm³/mol. The van der Waals surface area contributed by atoms with Gasteiger partial charge in [0, 0.05) is 17.1 Å². The molecule has 0 aliphatic heterocycles. The maximum absolute atomic E-state index is 12.6. The number of rotatable bonds is 6. The summed E-state index contributed by atoms with van der Waals surface area (Å²) in [6, 6.07) is 12.1. The number of nitrogens with zero attached hydrogens (tertiary/aromatic N) is 4. The van der Waals surface area contributed by atoms with Crippen molar-refractivity contribution < 1.29 is 15.0 Å². The van der Waals surface area contributed by atoms with Crippen LogP contribution in [0.2, 0.25) is 0 Å². The van der Waals surface area contributed by atoms with E-state index in [-0.39, 0.29) is 34.8 Å². The molecule has 0 saturated carbocycles. The molecule has 4 rings (SSSR count). The van der Waals surface area contributed by atoms with E-state index in [4.69, 9.17) is 0 Å². The predicted octanol–water partition coefficient (Wildman–Crippen LogP) is 2.08. The van der Waals surface area contributed by atoms with Crippen molar-refractivity contribution in [2.75, 3.05) is 5.43 Å². The molecule has 33 heavy (non-hydrogen) atoms. The lowest BCUT2D eigenvalue weighted by molar-refractivity contribution is 0.0693. The molecule has 2 aromatic heterocycles. The summed E-state index contributed by atoms with van der Waals surface area (Å²) in [5.41, 5.74) is 2.51. The van der Waals surface area contributed by atoms with Gasteiger partial charge in [0.15, 0.2) is 11.2 Å². The second-order valence-corrected chi connectivity index (χ2v) is 7.88. The van der Waals surface area contributed by atoms with E-state index in [2.05, 4.69) is 36.4 Å². The molecule has 0 bridgehead atoms. The minimum atomic E-state index is -1.33. The summed E-state index contributed by atoms with van der Waals surface area (Å²) >= 11 is 3.25. The first-order chi connectivity index (χ1) is 15.8. The van der Waals surface area contributed by atoms with Crippen molar-refractivity contribution >= 4 is 45.2 Å². The number of aromatic carboxylic acids is 1. The number of fused-ring (bicyclic) bond motifs is 1. The first-order valence-electron chi connectivity index (χ1n) is 9.55. The average molecular weight is 513 g/mol. The summed E-state index contributed by atoms with van der Waals surface area (Å²) < 4.78 is 3.18. The summed E-state index contributed by atoms with van der Waals surface area (Å²) in [4.78, 5) is 42.8. The van der Waals surface area contributed by atoms with Gasteiger partial charge < -0.3 is 10.2 Å². The van der Waals surface area contributed by atoms with Gasteiger partial charge in [-0.05, 0) is 17.7 Å². The maximum atomic E-state index is 12.6. The van der Waals surface area contributed by atoms with Gasteiger partial charge in [0.2, 0.25) is 5.95 Å². The molecule has 2 aromatic carbocycles. The molecular weight excluding hydrogens is 496 g/mol. The van der Waals surface area contributed by atoms with Crippen molar-refractivity contribution in [3.8, 4) is 5.75 Å². The monoisotopic (exact) mass is 512 g/mol. The molecule has 0 fully saturated rings. The van der Waals surface area contributed by atoms with Crippen LogP contribution in [-0.4, -0.2) is 41.5 Å². The van der Waals surface area contributed by atoms with E-state index in [1.807, 2.05) is 30.3 Å². The summed E-state index contributed by atoms with van der Waals surface area (Å²) in [6.45, 7) is 0.257. The quantitative estimate of drug-likeness (QED) is 0.227. The third-order valence-electron chi connectivity index (χ3n) is 4.93. The minimum Gasteiger partial charge on any atom is -0.507 e. The molecule has 0 aliphatic carbocycles. The largest absolute Gasteiger partial charge is 0.507 e. The van der Waals surface area contributed by atoms with Gasteiger partial charge in [-0.1, -0.05) is 46.3 Å². The number of benzene rings is 2. The second-order valence-electron chi connectivity index (χ2n) is 7.03. The van der Waals surface area contributed by atoms with Crippen molar-refractivity contribution in [1.82, 2.24) is 19.1 Å². The van der Waals surface area contributed by atoms with Crippen LogP contribution in [0.15, 0.2) is 61.6 Å². The number of carboxylic acid groups (broad SMARTS) is 1. The highest BCUT2D eigenvalue weighted by Crippen LogP contribution is 2.27. The van der Waals surface area contributed by atoms with Crippen LogP contribution in [0.25, 0.3) is 11.2 Å². The smallest absolute Gasteiger partial charge is 0.340 e. The molecule has 168 valence electrons. The molecule has 0 saturated heterocycles. The third-order valence-corrected chi connectivity index (χ3v) is 5.62. The van der Waals surface area contributed by atoms with Crippen molar-refractivity contribution in [2.24, 2.45) is 12.1 Å². The number of hydrogen-bond acceptors (Lipinski definition) is 7. The number of phenols is 1. The molecule has 0 spiro atoms. The number of aromatic nitrogens is 4. The molecule has 4 aromatic rings. The van der Waals surface area contributed by atoms with Gasteiger partial charge in [-0.25, -0.2) is 15.0 Å². The molecule has 0 radical (unpaired) electrons. The van der Waals surface area contributed by atoms with Crippen molar-refractivity contribution in [3.05, 3.63) is 84.5 Å². The first kappa shape index (κ1) is 22.0. The van der Waals surface area contributed by atoms with Crippen LogP contribution >= 0.6 is 15.9 Å². The van der Waals surface area contributed by atoms with E-state index < -0.39 is 23.0 Å². The van der Waals surface area contributed by atoms with Crippen molar-refractivity contribution in [2.45, 2.75) is 6.54 Å². The Morgan fingerprint density at radius 1 is 1.24 bits per heavy atom. The molecule has 0 amide bonds. The molecular formula is C21H17BrN6O5. The zero-order valence-corrected chi connectivity index (χ0v) is 18.7. The van der Waals surface area contributed by atoms with E-state index in [9.17, 15) is 24.6 Å². The van der Waals surface area contributed by atoms with E-state index >= 15 is 0 Å². The zero-order chi connectivity index (χ0) is 23.7. The molecule has 2 heterocycles. The molecule has 0 aliphatic rings. The number of hydrogen-bond donors (Lipinski definition) is 4. The van der Waals surface area contributed by atoms with Gasteiger partial charge in [-0.2, -0.15) is 10.1 Å². The van der Waals surface area contributed by atoms with Gasteiger partial charge in [0.1, 0.15) is 11.3 Å². The van der Waals surface area contributed by atoms with Gasteiger partial charge in [-0.3, -0.25) is 18.9 Å². The fraction of sp³-hybridized carbons (Fsp3) is 0.0952. The highest BCUT2D eigenvalue weighted by atomic mass is 79.9. The summed E-state index contributed by atoms with van der Waals surface area (Å²) in [5.74, 6) is -1.58. The Bertz CT molecular complexity index is 1520. The number of carboxylic acids is 1. The van der Waals surface area contributed by atoms with Crippen LogP contribution in [0.3, 0.4) is 0 Å². The molecule has 0 unspecified atom stereocenters. The van der Waals surface area contributed by atoms with E-state index in [0.29, 0.717) is 4.47 Å². The summed E-state index contributed by atoms with van der Waals surface area (Å²) in [6.07, 6.45) is 1.21.